The number of likely N-dealkylation sites (N-methyl/N-ethyl adjacent to an activating group) is 1. The first kappa shape index (κ1) is 18.5. The molecule has 0 saturated heterocycles. The highest BCUT2D eigenvalue weighted by molar-refractivity contribution is 8.24. The monoisotopic (exact) mass is 376 g/mol. The first-order chi connectivity index (χ1) is 11.7. The molecule has 1 amide bonds. The quantitative estimate of drug-likeness (QED) is 0.378. The van der Waals surface area contributed by atoms with Gasteiger partial charge in [0.15, 0.2) is 0 Å². The van der Waals surface area contributed by atoms with Gasteiger partial charge in [-0.25, -0.2) is 0 Å². The van der Waals surface area contributed by atoms with Crippen LogP contribution in [0.25, 0.3) is 6.08 Å². The molecule has 3 N–H and O–H groups in total. The zero-order valence-corrected chi connectivity index (χ0v) is 15.3. The molecule has 0 radical (unpaired) electrons. The Bertz CT molecular complexity index is 749. The number of hydrogen-bond donors (Lipinski definition) is 3. The van der Waals surface area contributed by atoms with Gasteiger partial charge in [-0.05, 0) is 42.0 Å². The molecule has 0 aliphatic carbocycles. The molecule has 0 atom stereocenters. The lowest BCUT2D eigenvalue weighted by Crippen LogP contribution is -2.18. The van der Waals surface area contributed by atoms with Gasteiger partial charge < -0.3 is 5.32 Å². The zero-order chi connectivity index (χ0) is 17.4. The van der Waals surface area contributed by atoms with E-state index in [2.05, 4.69) is 10.8 Å². The fourth-order valence-corrected chi connectivity index (χ4v) is 3.65. The molecule has 0 bridgehead atoms. The second-order valence-corrected chi connectivity index (χ2v) is 7.14. The lowest BCUT2D eigenvalue weighted by molar-refractivity contribution is -0.116. The Balaban J connectivity index is 2.45. The molecule has 0 aliphatic heterocycles. The summed E-state index contributed by atoms with van der Waals surface area (Å²) in [6, 6.07) is 15.4. The Hall–Kier alpha value is -1.80. The van der Waals surface area contributed by atoms with Crippen LogP contribution in [0.2, 0.25) is 0 Å². The van der Waals surface area contributed by atoms with Gasteiger partial charge >= 0.3 is 0 Å². The van der Waals surface area contributed by atoms with Gasteiger partial charge in [-0.3, -0.25) is 15.5 Å². The van der Waals surface area contributed by atoms with Crippen LogP contribution < -0.4 is 10.8 Å². The summed E-state index contributed by atoms with van der Waals surface area (Å²) in [6.45, 7) is 0. The number of nitrogens with one attached hydrogen (secondary N) is 2. The van der Waals surface area contributed by atoms with E-state index in [9.17, 15) is 4.79 Å². The van der Waals surface area contributed by atoms with E-state index in [4.69, 9.17) is 17.4 Å². The SMILES string of the molecule is CNC(=O)/C(=C/c1cc(NO)ccc1Sc1ccccc1)SC=S. The Labute approximate surface area is 154 Å². The molecule has 0 aromatic heterocycles. The van der Waals surface area contributed by atoms with Crippen LogP contribution in [-0.2, 0) is 4.79 Å². The number of thiocarbonyl (C=S) groups is 1. The number of anilines is 1. The molecule has 2 aromatic rings. The predicted molar refractivity (Wildman–Crippen MR) is 106 cm³/mol. The minimum Gasteiger partial charge on any atom is -0.355 e. The summed E-state index contributed by atoms with van der Waals surface area (Å²) < 4.78 is 1.44. The fourth-order valence-electron chi connectivity index (χ4n) is 1.91. The number of rotatable bonds is 7. The molecule has 7 heteroatoms. The van der Waals surface area contributed by atoms with Crippen LogP contribution in [0.5, 0.6) is 0 Å². The smallest absolute Gasteiger partial charge is 0.257 e. The second kappa shape index (κ2) is 9.48. The van der Waals surface area contributed by atoms with Crippen molar-refractivity contribution in [2.75, 3.05) is 12.5 Å². The third kappa shape index (κ3) is 5.10. The fraction of sp³-hybridized carbons (Fsp3) is 0.0588. The van der Waals surface area contributed by atoms with Crippen molar-refractivity contribution in [3.63, 3.8) is 0 Å². The normalized spacial score (nSPS) is 11.0. The number of hydrogen-bond acceptors (Lipinski definition) is 6. The van der Waals surface area contributed by atoms with Gasteiger partial charge in [0.1, 0.15) is 0 Å². The maximum atomic E-state index is 12.0. The van der Waals surface area contributed by atoms with Gasteiger partial charge in [-0.2, -0.15) is 0 Å². The summed E-state index contributed by atoms with van der Waals surface area (Å²) in [5.74, 6) is -0.209. The summed E-state index contributed by atoms with van der Waals surface area (Å²) in [5, 5.41) is 11.8. The summed E-state index contributed by atoms with van der Waals surface area (Å²) in [5.41, 5.74) is 3.49. The summed E-state index contributed by atoms with van der Waals surface area (Å²) >= 11 is 7.62. The number of amides is 1. The molecular formula is C17H16N2O2S3. The van der Waals surface area contributed by atoms with Gasteiger partial charge in [0.2, 0.25) is 0 Å². The third-order valence-corrected chi connectivity index (χ3v) is 5.06. The van der Waals surface area contributed by atoms with E-state index in [1.54, 1.807) is 37.0 Å². The molecule has 2 rings (SSSR count). The van der Waals surface area contributed by atoms with Crippen molar-refractivity contribution >= 4 is 58.1 Å². The first-order valence-electron chi connectivity index (χ1n) is 6.99. The average molecular weight is 377 g/mol. The van der Waals surface area contributed by atoms with Gasteiger partial charge in [0.05, 0.1) is 10.6 Å². The topological polar surface area (TPSA) is 61.4 Å². The van der Waals surface area contributed by atoms with Crippen LogP contribution in [0.15, 0.2) is 63.2 Å². The van der Waals surface area contributed by atoms with E-state index >= 15 is 0 Å². The third-order valence-electron chi connectivity index (χ3n) is 3.02. The predicted octanol–water partition coefficient (Wildman–Crippen LogP) is 4.42. The van der Waals surface area contributed by atoms with Crippen molar-refractivity contribution in [1.29, 1.82) is 0 Å². The molecular weight excluding hydrogens is 360 g/mol. The molecule has 24 heavy (non-hydrogen) atoms. The van der Waals surface area contributed by atoms with E-state index in [0.29, 0.717) is 10.6 Å². The minimum absolute atomic E-state index is 0.209. The number of benzene rings is 2. The number of thioether (sulfide) groups is 1. The lowest BCUT2D eigenvalue weighted by Gasteiger charge is -2.10. The first-order valence-corrected chi connectivity index (χ1v) is 9.16. The molecule has 0 unspecified atom stereocenters. The minimum atomic E-state index is -0.209. The standard InChI is InChI=1S/C17H16N2O2S3/c1-18-17(20)16(23-11-22)10-12-9-13(19-21)7-8-15(12)24-14-5-3-2-4-6-14/h2-11,19,21H,1H3,(H,18,20)/b16-10-. The number of carbonyl (C=O) groups excluding carboxylic acids is 1. The van der Waals surface area contributed by atoms with Crippen LogP contribution in [0, 0.1) is 0 Å². The van der Waals surface area contributed by atoms with Gasteiger partial charge in [-0.1, -0.05) is 53.9 Å². The Morgan fingerprint density at radius 3 is 2.58 bits per heavy atom. The van der Waals surface area contributed by atoms with Crippen molar-refractivity contribution in [1.82, 2.24) is 5.32 Å². The zero-order valence-electron chi connectivity index (χ0n) is 12.9. The lowest BCUT2D eigenvalue weighted by atomic mass is 10.2. The molecule has 0 saturated carbocycles. The highest BCUT2D eigenvalue weighted by Gasteiger charge is 2.10. The Morgan fingerprint density at radius 2 is 1.96 bits per heavy atom. The van der Waals surface area contributed by atoms with Crippen molar-refractivity contribution < 1.29 is 10.0 Å². The highest BCUT2D eigenvalue weighted by atomic mass is 32.2. The van der Waals surface area contributed by atoms with Crippen LogP contribution in [0.1, 0.15) is 5.56 Å². The maximum absolute atomic E-state index is 12.0. The van der Waals surface area contributed by atoms with Crippen molar-refractivity contribution in [2.45, 2.75) is 9.79 Å². The van der Waals surface area contributed by atoms with Crippen LogP contribution in [0.3, 0.4) is 0 Å². The van der Waals surface area contributed by atoms with Crippen molar-refractivity contribution in [3.8, 4) is 0 Å². The van der Waals surface area contributed by atoms with Crippen molar-refractivity contribution in [2.24, 2.45) is 0 Å². The van der Waals surface area contributed by atoms with Crippen LogP contribution >= 0.6 is 35.7 Å². The molecule has 2 aromatic carbocycles. The summed E-state index contributed by atoms with van der Waals surface area (Å²) in [7, 11) is 1.57. The molecule has 4 nitrogen and oxygen atoms in total. The second-order valence-electron chi connectivity index (χ2n) is 4.58. The van der Waals surface area contributed by atoms with E-state index in [-0.39, 0.29) is 5.91 Å². The van der Waals surface area contributed by atoms with E-state index in [0.717, 1.165) is 15.4 Å². The molecule has 0 spiro atoms. The average Bonchev–Trinajstić information content (AvgIpc) is 2.62. The van der Waals surface area contributed by atoms with E-state index in [1.165, 1.54) is 16.5 Å². The van der Waals surface area contributed by atoms with Gasteiger partial charge in [0, 0.05) is 21.5 Å². The molecule has 0 aliphatic rings. The van der Waals surface area contributed by atoms with Crippen molar-refractivity contribution in [3.05, 3.63) is 59.0 Å². The summed E-state index contributed by atoms with van der Waals surface area (Å²) in [6.07, 6.45) is 1.76. The summed E-state index contributed by atoms with van der Waals surface area (Å²) in [4.78, 5) is 14.5. The number of carbonyl (C=O) groups is 1. The van der Waals surface area contributed by atoms with E-state index in [1.807, 2.05) is 36.4 Å². The Morgan fingerprint density at radius 1 is 1.21 bits per heavy atom. The highest BCUT2D eigenvalue weighted by Crippen LogP contribution is 2.34. The Kier molecular flexibility index (Phi) is 7.33. The van der Waals surface area contributed by atoms with Crippen LogP contribution in [0.4, 0.5) is 5.69 Å². The molecule has 0 fully saturated rings. The van der Waals surface area contributed by atoms with Crippen LogP contribution in [-0.4, -0.2) is 22.9 Å². The molecule has 0 heterocycles. The van der Waals surface area contributed by atoms with Gasteiger partial charge in [-0.15, -0.1) is 0 Å². The molecule has 124 valence electrons. The van der Waals surface area contributed by atoms with E-state index < -0.39 is 0 Å². The maximum Gasteiger partial charge on any atom is 0.257 e. The van der Waals surface area contributed by atoms with Gasteiger partial charge in [0.25, 0.3) is 5.91 Å². The largest absolute Gasteiger partial charge is 0.355 e.